The second-order valence-corrected chi connectivity index (χ2v) is 10.3. The lowest BCUT2D eigenvalue weighted by Crippen LogP contribution is -2.51. The molecular weight excluding hydrogens is 556 g/mol. The maximum Gasteiger partial charge on any atom is 0.242 e. The number of halogens is 3. The summed E-state index contributed by atoms with van der Waals surface area (Å²) in [5.41, 5.74) is 3.03. The Kier molecular flexibility index (Phi) is 10.5. The number of nitrogens with zero attached hydrogens (tertiary/aromatic N) is 5. The zero-order valence-corrected chi connectivity index (χ0v) is 23.6. The van der Waals surface area contributed by atoms with Gasteiger partial charge in [-0.3, -0.25) is 9.59 Å². The number of ether oxygens (including phenoxy) is 1. The Morgan fingerprint density at radius 3 is 2.35 bits per heavy atom. The third-order valence-electron chi connectivity index (χ3n) is 6.48. The van der Waals surface area contributed by atoms with Gasteiger partial charge in [-0.2, -0.15) is 0 Å². The van der Waals surface area contributed by atoms with Crippen molar-refractivity contribution in [3.05, 3.63) is 99.9 Å². The molecule has 1 aliphatic rings. The van der Waals surface area contributed by atoms with Crippen molar-refractivity contribution in [2.24, 2.45) is 0 Å². The highest BCUT2D eigenvalue weighted by molar-refractivity contribution is 6.42. The topological polar surface area (TPSA) is 78.9 Å². The number of aromatic nitrogens is 2. The van der Waals surface area contributed by atoms with Crippen LogP contribution in [0.4, 0.5) is 10.1 Å². The molecule has 0 unspecified atom stereocenters. The molecular formula is C29H30Cl2FN5O3. The first kappa shape index (κ1) is 29.5. The van der Waals surface area contributed by atoms with Crippen molar-refractivity contribution in [3.63, 3.8) is 0 Å². The van der Waals surface area contributed by atoms with Crippen molar-refractivity contribution >= 4 is 40.6 Å². The van der Waals surface area contributed by atoms with Gasteiger partial charge in [0.1, 0.15) is 18.9 Å². The third-order valence-corrected chi connectivity index (χ3v) is 7.22. The fraction of sp³-hybridized carbons (Fsp3) is 0.310. The van der Waals surface area contributed by atoms with E-state index in [0.717, 1.165) is 16.8 Å². The summed E-state index contributed by atoms with van der Waals surface area (Å²) in [5.74, 6) is -0.536. The summed E-state index contributed by atoms with van der Waals surface area (Å²) in [7, 11) is 0. The van der Waals surface area contributed by atoms with Crippen molar-refractivity contribution in [1.29, 1.82) is 0 Å². The second kappa shape index (κ2) is 14.2. The number of ketones is 1. The number of amides is 1. The minimum absolute atomic E-state index is 0.0261. The highest BCUT2D eigenvalue weighted by atomic mass is 35.5. The molecule has 2 aromatic carbocycles. The lowest BCUT2D eigenvalue weighted by Gasteiger charge is -2.37. The molecule has 1 aliphatic heterocycles. The zero-order chi connectivity index (χ0) is 28.5. The van der Waals surface area contributed by atoms with Crippen LogP contribution in [-0.4, -0.2) is 70.9 Å². The molecule has 1 amide bonds. The van der Waals surface area contributed by atoms with E-state index in [-0.39, 0.29) is 37.4 Å². The van der Waals surface area contributed by atoms with Crippen LogP contribution in [0, 0.1) is 5.82 Å². The van der Waals surface area contributed by atoms with Gasteiger partial charge in [0.15, 0.2) is 5.78 Å². The van der Waals surface area contributed by atoms with E-state index in [1.165, 1.54) is 25.4 Å². The lowest BCUT2D eigenvalue weighted by atomic mass is 10.1. The van der Waals surface area contributed by atoms with Crippen LogP contribution in [-0.2, 0) is 27.4 Å². The van der Waals surface area contributed by atoms with E-state index in [1.807, 2.05) is 12.1 Å². The molecule has 1 fully saturated rings. The monoisotopic (exact) mass is 585 g/mol. The molecule has 210 valence electrons. The maximum absolute atomic E-state index is 13.3. The van der Waals surface area contributed by atoms with Gasteiger partial charge < -0.3 is 19.4 Å². The van der Waals surface area contributed by atoms with Crippen LogP contribution in [0.1, 0.15) is 18.1 Å². The van der Waals surface area contributed by atoms with Gasteiger partial charge in [-0.15, -0.1) is 0 Å². The van der Waals surface area contributed by atoms with Gasteiger partial charge >= 0.3 is 0 Å². The fourth-order valence-electron chi connectivity index (χ4n) is 4.28. The van der Waals surface area contributed by atoms with Crippen molar-refractivity contribution < 1.29 is 18.7 Å². The quantitative estimate of drug-likeness (QED) is 0.237. The summed E-state index contributed by atoms with van der Waals surface area (Å²) >= 11 is 12.2. The van der Waals surface area contributed by atoms with Crippen LogP contribution in [0.25, 0.3) is 0 Å². The summed E-state index contributed by atoms with van der Waals surface area (Å²) in [6, 6.07) is 11.5. The number of piperazine rings is 1. The van der Waals surface area contributed by atoms with Gasteiger partial charge in [0, 0.05) is 62.5 Å². The molecule has 1 aromatic heterocycles. The Balaban J connectivity index is 1.42. The Bertz CT molecular complexity index is 1330. The number of allylic oxidation sites excluding steroid dienone is 1. The van der Waals surface area contributed by atoms with Crippen LogP contribution in [0.2, 0.25) is 10.0 Å². The first-order chi connectivity index (χ1) is 19.3. The summed E-state index contributed by atoms with van der Waals surface area (Å²) in [6.45, 7) is 4.16. The van der Waals surface area contributed by atoms with Gasteiger partial charge in [0.05, 0.1) is 23.2 Å². The molecule has 40 heavy (non-hydrogen) atoms. The van der Waals surface area contributed by atoms with Gasteiger partial charge in [-0.25, -0.2) is 14.4 Å². The van der Waals surface area contributed by atoms with Crippen molar-refractivity contribution in [2.45, 2.75) is 20.0 Å². The number of benzene rings is 2. The molecule has 0 aliphatic carbocycles. The van der Waals surface area contributed by atoms with E-state index >= 15 is 0 Å². The third kappa shape index (κ3) is 8.48. The number of rotatable bonds is 11. The SMILES string of the molecule is CC(=O)/C(=C\N(COCc1ccc(F)cc1)CC(=O)N1CCN(c2ccc(Cl)c(Cl)c2)CC1)Cc1cncnc1. The average molecular weight is 586 g/mol. The van der Waals surface area contributed by atoms with E-state index in [9.17, 15) is 14.0 Å². The molecule has 0 radical (unpaired) electrons. The summed E-state index contributed by atoms with van der Waals surface area (Å²) in [6.07, 6.45) is 6.72. The smallest absolute Gasteiger partial charge is 0.242 e. The number of carbonyl (C=O) groups is 2. The second-order valence-electron chi connectivity index (χ2n) is 9.45. The summed E-state index contributed by atoms with van der Waals surface area (Å²) in [4.78, 5) is 39.5. The Labute approximate surface area is 243 Å². The molecule has 0 spiro atoms. The minimum atomic E-state index is -0.325. The van der Waals surface area contributed by atoms with Crippen molar-refractivity contribution in [1.82, 2.24) is 19.8 Å². The predicted molar refractivity (Wildman–Crippen MR) is 153 cm³/mol. The summed E-state index contributed by atoms with van der Waals surface area (Å²) < 4.78 is 19.1. The van der Waals surface area contributed by atoms with Crippen LogP contribution >= 0.6 is 23.2 Å². The van der Waals surface area contributed by atoms with Crippen LogP contribution in [0.5, 0.6) is 0 Å². The average Bonchev–Trinajstić information content (AvgIpc) is 2.95. The van der Waals surface area contributed by atoms with E-state index in [2.05, 4.69) is 14.9 Å². The largest absolute Gasteiger partial charge is 0.368 e. The van der Waals surface area contributed by atoms with E-state index < -0.39 is 0 Å². The van der Waals surface area contributed by atoms with Crippen LogP contribution in [0.3, 0.4) is 0 Å². The highest BCUT2D eigenvalue weighted by Crippen LogP contribution is 2.27. The molecule has 8 nitrogen and oxygen atoms in total. The van der Waals surface area contributed by atoms with Gasteiger partial charge in [0.2, 0.25) is 5.91 Å². The van der Waals surface area contributed by atoms with E-state index in [0.29, 0.717) is 48.2 Å². The molecule has 0 atom stereocenters. The minimum Gasteiger partial charge on any atom is -0.368 e. The molecule has 2 heterocycles. The van der Waals surface area contributed by atoms with Gasteiger partial charge in [-0.05, 0) is 48.4 Å². The zero-order valence-electron chi connectivity index (χ0n) is 22.1. The first-order valence-electron chi connectivity index (χ1n) is 12.8. The Morgan fingerprint density at radius 1 is 1.00 bits per heavy atom. The van der Waals surface area contributed by atoms with Gasteiger partial charge in [-0.1, -0.05) is 35.3 Å². The van der Waals surface area contributed by atoms with Gasteiger partial charge in [0.25, 0.3) is 0 Å². The molecule has 0 saturated carbocycles. The molecule has 11 heteroatoms. The van der Waals surface area contributed by atoms with E-state index in [1.54, 1.807) is 46.6 Å². The molecule has 4 rings (SSSR count). The fourth-order valence-corrected chi connectivity index (χ4v) is 4.57. The van der Waals surface area contributed by atoms with Crippen LogP contribution in [0.15, 0.2) is 73.0 Å². The van der Waals surface area contributed by atoms with E-state index in [4.69, 9.17) is 27.9 Å². The Morgan fingerprint density at radius 2 is 1.70 bits per heavy atom. The number of anilines is 1. The predicted octanol–water partition coefficient (Wildman–Crippen LogP) is 4.76. The highest BCUT2D eigenvalue weighted by Gasteiger charge is 2.23. The molecule has 1 saturated heterocycles. The standard InChI is InChI=1S/C29H30Cl2FN5O3/c1-21(38)24(12-23-14-33-19-34-15-23)16-35(20-40-18-22-2-4-25(32)5-3-22)17-29(39)37-10-8-36(9-11-37)26-6-7-27(30)28(31)13-26/h2-7,13-16,19H,8-12,17-18,20H2,1H3/b24-16-. The van der Waals surface area contributed by atoms with Crippen molar-refractivity contribution in [3.8, 4) is 0 Å². The number of carbonyl (C=O) groups excluding carboxylic acids is 2. The normalized spacial score (nSPS) is 13.8. The maximum atomic E-state index is 13.3. The van der Waals surface area contributed by atoms with Crippen molar-refractivity contribution in [2.75, 3.05) is 44.4 Å². The first-order valence-corrected chi connectivity index (χ1v) is 13.5. The summed E-state index contributed by atoms with van der Waals surface area (Å²) in [5, 5.41) is 0.989. The molecule has 0 N–H and O–H groups in total. The lowest BCUT2D eigenvalue weighted by molar-refractivity contribution is -0.133. The number of Topliss-reactive ketones (excluding diaryl/α,β-unsaturated/α-hetero) is 1. The van der Waals surface area contributed by atoms with Crippen LogP contribution < -0.4 is 4.90 Å². The number of hydrogen-bond donors (Lipinski definition) is 0. The Hall–Kier alpha value is -3.53. The molecule has 0 bridgehead atoms. The molecule has 3 aromatic rings. The number of hydrogen-bond acceptors (Lipinski definition) is 7.